The Morgan fingerprint density at radius 3 is 2.50 bits per heavy atom. The van der Waals surface area contributed by atoms with Crippen molar-refractivity contribution in [1.29, 1.82) is 0 Å². The molecule has 0 saturated carbocycles. The molecule has 2 rings (SSSR count). The highest BCUT2D eigenvalue weighted by Gasteiger charge is 2.26. The number of piperazine rings is 1. The zero-order valence-electron chi connectivity index (χ0n) is 15.8. The highest BCUT2D eigenvalue weighted by molar-refractivity contribution is 9.10. The van der Waals surface area contributed by atoms with Gasteiger partial charge in [0.05, 0.1) is 33.2 Å². The molecular formula is C19H31BrN4O2+2. The van der Waals surface area contributed by atoms with Crippen LogP contribution in [0, 0.1) is 0 Å². The minimum atomic E-state index is 0.111. The Labute approximate surface area is 164 Å². The molecule has 0 aliphatic carbocycles. The molecule has 144 valence electrons. The first-order valence-corrected chi connectivity index (χ1v) is 10.2. The normalized spacial score (nSPS) is 16.3. The second-order valence-electron chi connectivity index (χ2n) is 7.09. The Balaban J connectivity index is 1.70. The molecule has 1 aromatic rings. The number of nitrogens with zero attached hydrogens (tertiary/aromatic N) is 1. The topological polar surface area (TPSA) is 58.3 Å². The number of benzene rings is 1. The summed E-state index contributed by atoms with van der Waals surface area (Å²) in [4.78, 5) is 28.7. The third-order valence-electron chi connectivity index (χ3n) is 4.68. The van der Waals surface area contributed by atoms with E-state index < -0.39 is 0 Å². The molecule has 1 atom stereocenters. The maximum atomic E-state index is 12.5. The van der Waals surface area contributed by atoms with Crippen LogP contribution in [0.2, 0.25) is 0 Å². The van der Waals surface area contributed by atoms with Crippen molar-refractivity contribution in [3.8, 4) is 0 Å². The Kier molecular flexibility index (Phi) is 8.54. The smallest absolute Gasteiger partial charge is 0.278 e. The van der Waals surface area contributed by atoms with Crippen molar-refractivity contribution in [2.75, 3.05) is 52.9 Å². The summed E-state index contributed by atoms with van der Waals surface area (Å²) in [6, 6.07) is 8.24. The minimum Gasteiger partial charge on any atom is -0.351 e. The van der Waals surface area contributed by atoms with Gasteiger partial charge in [-0.25, -0.2) is 0 Å². The number of likely N-dealkylation sites (N-methyl/N-ethyl adjacent to an activating group) is 1. The second-order valence-corrected chi connectivity index (χ2v) is 8.01. The second kappa shape index (κ2) is 10.6. The number of amides is 2. The van der Waals surface area contributed by atoms with E-state index in [1.807, 2.05) is 24.0 Å². The number of quaternary nitrogens is 2. The molecule has 2 amide bonds. The van der Waals surface area contributed by atoms with Gasteiger partial charge < -0.3 is 20.0 Å². The molecule has 26 heavy (non-hydrogen) atoms. The van der Waals surface area contributed by atoms with Crippen LogP contribution in [0.15, 0.2) is 28.7 Å². The van der Waals surface area contributed by atoms with Crippen molar-refractivity contribution in [2.45, 2.75) is 19.9 Å². The summed E-state index contributed by atoms with van der Waals surface area (Å²) in [6.07, 6.45) is 0.958. The standard InChI is InChI=1S/C19H29BrN4O2/c1-3-8-21-18(25)14-23-9-11-24(12-10-23)19(26)15-22(2)13-16-4-6-17(20)7-5-16/h4-7H,3,8-15H2,1-2H3,(H,21,25)/p+2. The van der Waals surface area contributed by atoms with Crippen LogP contribution in [0.1, 0.15) is 18.9 Å². The van der Waals surface area contributed by atoms with Crippen LogP contribution in [0.4, 0.5) is 0 Å². The van der Waals surface area contributed by atoms with E-state index in [2.05, 4.69) is 40.4 Å². The Morgan fingerprint density at radius 2 is 1.88 bits per heavy atom. The lowest BCUT2D eigenvalue weighted by atomic mass is 10.2. The van der Waals surface area contributed by atoms with Crippen LogP contribution in [-0.4, -0.2) is 69.6 Å². The van der Waals surface area contributed by atoms with Crippen LogP contribution >= 0.6 is 15.9 Å². The minimum absolute atomic E-state index is 0.111. The van der Waals surface area contributed by atoms with E-state index >= 15 is 0 Å². The molecular weight excluding hydrogens is 396 g/mol. The van der Waals surface area contributed by atoms with Gasteiger partial charge in [0.25, 0.3) is 11.8 Å². The number of hydrogen-bond acceptors (Lipinski definition) is 2. The van der Waals surface area contributed by atoms with Gasteiger partial charge in [-0.3, -0.25) is 9.59 Å². The lowest BCUT2D eigenvalue weighted by Gasteiger charge is -2.32. The molecule has 1 unspecified atom stereocenters. The summed E-state index contributed by atoms with van der Waals surface area (Å²) >= 11 is 3.44. The van der Waals surface area contributed by atoms with E-state index in [1.54, 1.807) is 0 Å². The third kappa shape index (κ3) is 7.05. The number of nitrogens with one attached hydrogen (secondary N) is 3. The first kappa shape index (κ1) is 20.9. The van der Waals surface area contributed by atoms with E-state index in [-0.39, 0.29) is 11.8 Å². The van der Waals surface area contributed by atoms with Crippen LogP contribution < -0.4 is 15.1 Å². The SMILES string of the molecule is CCCNC(=O)C[NH+]1CCN(C(=O)C[NH+](C)Cc2ccc(Br)cc2)CC1. The number of carbonyl (C=O) groups is 2. The Morgan fingerprint density at radius 1 is 1.23 bits per heavy atom. The van der Waals surface area contributed by atoms with Crippen LogP contribution in [0.3, 0.4) is 0 Å². The summed E-state index contributed by atoms with van der Waals surface area (Å²) in [6.45, 7) is 7.80. The largest absolute Gasteiger partial charge is 0.351 e. The number of halogens is 1. The van der Waals surface area contributed by atoms with Crippen molar-refractivity contribution in [3.05, 3.63) is 34.3 Å². The molecule has 0 bridgehead atoms. The van der Waals surface area contributed by atoms with Gasteiger partial charge in [0.1, 0.15) is 6.54 Å². The molecule has 1 aliphatic rings. The summed E-state index contributed by atoms with van der Waals surface area (Å²) < 4.78 is 1.07. The highest BCUT2D eigenvalue weighted by Crippen LogP contribution is 2.09. The quantitative estimate of drug-likeness (QED) is 0.484. The molecule has 1 aliphatic heterocycles. The Bertz CT molecular complexity index is 586. The van der Waals surface area contributed by atoms with E-state index in [0.717, 1.165) is 50.2 Å². The molecule has 0 aromatic heterocycles. The molecule has 1 heterocycles. The predicted molar refractivity (Wildman–Crippen MR) is 105 cm³/mol. The van der Waals surface area contributed by atoms with Gasteiger partial charge in [0.2, 0.25) is 0 Å². The molecule has 7 heteroatoms. The van der Waals surface area contributed by atoms with Gasteiger partial charge in [0.15, 0.2) is 13.1 Å². The fourth-order valence-electron chi connectivity index (χ4n) is 3.19. The van der Waals surface area contributed by atoms with Gasteiger partial charge in [0, 0.05) is 16.6 Å². The first-order chi connectivity index (χ1) is 12.5. The average molecular weight is 427 g/mol. The van der Waals surface area contributed by atoms with Crippen molar-refractivity contribution in [1.82, 2.24) is 10.2 Å². The molecule has 0 spiro atoms. The first-order valence-electron chi connectivity index (χ1n) is 9.41. The van der Waals surface area contributed by atoms with E-state index in [1.165, 1.54) is 15.4 Å². The highest BCUT2D eigenvalue weighted by atomic mass is 79.9. The van der Waals surface area contributed by atoms with E-state index in [4.69, 9.17) is 0 Å². The van der Waals surface area contributed by atoms with Gasteiger partial charge in [-0.1, -0.05) is 35.0 Å². The molecule has 1 fully saturated rings. The van der Waals surface area contributed by atoms with Crippen molar-refractivity contribution in [2.24, 2.45) is 0 Å². The van der Waals surface area contributed by atoms with Gasteiger partial charge in [-0.05, 0) is 18.6 Å². The van der Waals surface area contributed by atoms with E-state index in [0.29, 0.717) is 13.1 Å². The molecule has 1 saturated heterocycles. The summed E-state index contributed by atoms with van der Waals surface area (Å²) in [5, 5.41) is 2.92. The molecule has 6 nitrogen and oxygen atoms in total. The van der Waals surface area contributed by atoms with Gasteiger partial charge in [-0.2, -0.15) is 0 Å². The fourth-order valence-corrected chi connectivity index (χ4v) is 3.45. The predicted octanol–water partition coefficient (Wildman–Crippen LogP) is -1.28. The monoisotopic (exact) mass is 426 g/mol. The zero-order chi connectivity index (χ0) is 18.9. The lowest BCUT2D eigenvalue weighted by molar-refractivity contribution is -0.897. The van der Waals surface area contributed by atoms with Gasteiger partial charge in [-0.15, -0.1) is 0 Å². The molecule has 1 aromatic carbocycles. The van der Waals surface area contributed by atoms with Crippen molar-refractivity contribution < 1.29 is 19.4 Å². The maximum Gasteiger partial charge on any atom is 0.278 e. The third-order valence-corrected chi connectivity index (χ3v) is 5.21. The summed E-state index contributed by atoms with van der Waals surface area (Å²) in [5.74, 6) is 0.314. The van der Waals surface area contributed by atoms with Gasteiger partial charge >= 0.3 is 0 Å². The fraction of sp³-hybridized carbons (Fsp3) is 0.579. The zero-order valence-corrected chi connectivity index (χ0v) is 17.4. The molecule has 0 radical (unpaired) electrons. The number of carbonyl (C=O) groups excluding carboxylic acids is 2. The maximum absolute atomic E-state index is 12.5. The summed E-state index contributed by atoms with van der Waals surface area (Å²) in [7, 11) is 2.06. The average Bonchev–Trinajstić information content (AvgIpc) is 2.62. The van der Waals surface area contributed by atoms with Crippen molar-refractivity contribution in [3.63, 3.8) is 0 Å². The van der Waals surface area contributed by atoms with Crippen LogP contribution in [-0.2, 0) is 16.1 Å². The lowest BCUT2D eigenvalue weighted by Crippen LogP contribution is -3.16. The molecule has 3 N–H and O–H groups in total. The van der Waals surface area contributed by atoms with Crippen molar-refractivity contribution >= 4 is 27.7 Å². The van der Waals surface area contributed by atoms with E-state index in [9.17, 15) is 9.59 Å². The van der Waals surface area contributed by atoms with Crippen LogP contribution in [0.5, 0.6) is 0 Å². The van der Waals surface area contributed by atoms with Crippen LogP contribution in [0.25, 0.3) is 0 Å². The Hall–Kier alpha value is -1.44. The number of rotatable bonds is 8. The number of hydrogen-bond donors (Lipinski definition) is 3. The summed E-state index contributed by atoms with van der Waals surface area (Å²) in [5.41, 5.74) is 1.23.